The van der Waals surface area contributed by atoms with Gasteiger partial charge in [-0.15, -0.1) is 0 Å². The Morgan fingerprint density at radius 3 is 2.62 bits per heavy atom. The molecule has 0 bridgehead atoms. The lowest BCUT2D eigenvalue weighted by Crippen LogP contribution is -2.48. The van der Waals surface area contributed by atoms with E-state index in [1.54, 1.807) is 16.8 Å². The minimum absolute atomic E-state index is 0.0901. The molecular weight excluding hydrogens is 338 g/mol. The highest BCUT2D eigenvalue weighted by Gasteiger charge is 2.44. The lowest BCUT2D eigenvalue weighted by atomic mass is 9.88. The van der Waals surface area contributed by atoms with E-state index in [2.05, 4.69) is 10.4 Å². The molecule has 1 heterocycles. The molecule has 1 saturated carbocycles. The van der Waals surface area contributed by atoms with E-state index in [1.807, 2.05) is 36.5 Å². The Kier molecular flexibility index (Phi) is 3.96. The molecule has 0 radical (unpaired) electrons. The molecule has 3 N–H and O–H groups in total. The van der Waals surface area contributed by atoms with E-state index >= 15 is 0 Å². The van der Waals surface area contributed by atoms with Crippen LogP contribution in [0.25, 0.3) is 16.6 Å². The third kappa shape index (κ3) is 3.17. The number of hydrogen-bond acceptors (Lipinski definition) is 3. The van der Waals surface area contributed by atoms with Gasteiger partial charge in [-0.3, -0.25) is 4.79 Å². The quantitative estimate of drug-likeness (QED) is 0.738. The van der Waals surface area contributed by atoms with Gasteiger partial charge in [-0.05, 0) is 23.8 Å². The summed E-state index contributed by atoms with van der Waals surface area (Å²) < 4.78 is 27.4. The molecule has 134 valence electrons. The van der Waals surface area contributed by atoms with Crippen molar-refractivity contribution in [1.82, 2.24) is 15.1 Å². The number of primary amides is 1. The van der Waals surface area contributed by atoms with Crippen molar-refractivity contribution in [2.75, 3.05) is 0 Å². The highest BCUT2D eigenvalue weighted by Crippen LogP contribution is 2.37. The molecule has 5 nitrogen and oxygen atoms in total. The number of halogens is 2. The maximum absolute atomic E-state index is 12.8. The summed E-state index contributed by atoms with van der Waals surface area (Å²) in [6.07, 6.45) is 1.66. The fraction of sp³-hybridized carbons (Fsp3) is 0.263. The van der Waals surface area contributed by atoms with Crippen molar-refractivity contribution < 1.29 is 13.6 Å². The van der Waals surface area contributed by atoms with Gasteiger partial charge < -0.3 is 11.1 Å². The standard InChI is InChI=1S/C19H18F2N4O/c20-19(21)8-14(9-19)23-10-12-4-6-15(7-5-12)25-11-13-2-1-3-16(18(22)26)17(13)24-25/h1-7,11,14,23H,8-10H2,(H2,22,26). The number of carbonyl (C=O) groups excluding carboxylic acids is 1. The van der Waals surface area contributed by atoms with E-state index in [-0.39, 0.29) is 18.9 Å². The van der Waals surface area contributed by atoms with Crippen LogP contribution in [0.15, 0.2) is 48.7 Å². The van der Waals surface area contributed by atoms with Crippen LogP contribution in [0.1, 0.15) is 28.8 Å². The van der Waals surface area contributed by atoms with Crippen LogP contribution in [0.4, 0.5) is 8.78 Å². The number of carbonyl (C=O) groups is 1. The zero-order valence-corrected chi connectivity index (χ0v) is 14.0. The molecule has 1 aliphatic carbocycles. The van der Waals surface area contributed by atoms with Crippen LogP contribution in [0, 0.1) is 0 Å². The first-order chi connectivity index (χ1) is 12.4. The summed E-state index contributed by atoms with van der Waals surface area (Å²) in [6.45, 7) is 0.550. The van der Waals surface area contributed by atoms with Crippen LogP contribution in [0.3, 0.4) is 0 Å². The van der Waals surface area contributed by atoms with Crippen molar-refractivity contribution in [2.45, 2.75) is 31.4 Å². The van der Waals surface area contributed by atoms with Crippen molar-refractivity contribution in [3.63, 3.8) is 0 Å². The number of aromatic nitrogens is 2. The number of fused-ring (bicyclic) bond motifs is 1. The predicted molar refractivity (Wildman–Crippen MR) is 94.4 cm³/mol. The van der Waals surface area contributed by atoms with E-state index in [1.165, 1.54) is 0 Å². The summed E-state index contributed by atoms with van der Waals surface area (Å²) in [7, 11) is 0. The molecule has 1 amide bonds. The zero-order valence-electron chi connectivity index (χ0n) is 14.0. The maximum atomic E-state index is 12.8. The third-order valence-electron chi connectivity index (χ3n) is 4.69. The second-order valence-corrected chi connectivity index (χ2v) is 6.69. The normalized spacial score (nSPS) is 16.5. The van der Waals surface area contributed by atoms with Crippen molar-refractivity contribution in [3.05, 3.63) is 59.8 Å². The third-order valence-corrected chi connectivity index (χ3v) is 4.69. The average Bonchev–Trinajstić information content (AvgIpc) is 3.02. The Labute approximate surface area is 148 Å². The minimum Gasteiger partial charge on any atom is -0.366 e. The number of nitrogens with zero attached hydrogens (tertiary/aromatic N) is 2. The maximum Gasteiger partial charge on any atom is 0.251 e. The summed E-state index contributed by atoms with van der Waals surface area (Å²) in [5.74, 6) is -3.02. The average molecular weight is 356 g/mol. The van der Waals surface area contributed by atoms with Crippen LogP contribution >= 0.6 is 0 Å². The number of rotatable bonds is 5. The second kappa shape index (κ2) is 6.17. The zero-order chi connectivity index (χ0) is 18.3. The van der Waals surface area contributed by atoms with Gasteiger partial charge in [-0.2, -0.15) is 5.10 Å². The fourth-order valence-corrected chi connectivity index (χ4v) is 3.21. The van der Waals surface area contributed by atoms with Gasteiger partial charge in [-0.25, -0.2) is 13.5 Å². The lowest BCUT2D eigenvalue weighted by molar-refractivity contribution is -0.0930. The number of nitrogens with two attached hydrogens (primary N) is 1. The van der Waals surface area contributed by atoms with E-state index in [0.717, 1.165) is 16.6 Å². The van der Waals surface area contributed by atoms with Crippen molar-refractivity contribution in [2.24, 2.45) is 5.73 Å². The summed E-state index contributed by atoms with van der Waals surface area (Å²) in [6, 6.07) is 12.9. The summed E-state index contributed by atoms with van der Waals surface area (Å²) in [4.78, 5) is 11.5. The molecule has 1 aromatic heterocycles. The van der Waals surface area contributed by atoms with Crippen LogP contribution < -0.4 is 11.1 Å². The molecule has 3 aromatic rings. The molecule has 0 saturated heterocycles. The molecule has 4 rings (SSSR count). The molecule has 7 heteroatoms. The Bertz CT molecular complexity index is 957. The van der Waals surface area contributed by atoms with Crippen LogP contribution in [0.2, 0.25) is 0 Å². The molecule has 0 atom stereocenters. The van der Waals surface area contributed by atoms with E-state index in [4.69, 9.17) is 5.73 Å². The molecule has 0 aliphatic heterocycles. The molecule has 26 heavy (non-hydrogen) atoms. The molecule has 0 unspecified atom stereocenters. The van der Waals surface area contributed by atoms with Crippen molar-refractivity contribution >= 4 is 16.8 Å². The van der Waals surface area contributed by atoms with Gasteiger partial charge in [0, 0.05) is 37.0 Å². The summed E-state index contributed by atoms with van der Waals surface area (Å²) in [5.41, 5.74) is 8.21. The Morgan fingerprint density at radius 2 is 1.96 bits per heavy atom. The predicted octanol–water partition coefficient (Wildman–Crippen LogP) is 3.01. The topological polar surface area (TPSA) is 72.9 Å². The number of alkyl halides is 2. The number of nitrogens with one attached hydrogen (secondary N) is 1. The first kappa shape index (κ1) is 16.7. The smallest absolute Gasteiger partial charge is 0.251 e. The summed E-state index contributed by atoms with van der Waals surface area (Å²) in [5, 5.41) is 8.43. The van der Waals surface area contributed by atoms with Gasteiger partial charge in [-0.1, -0.05) is 24.3 Å². The molecule has 2 aromatic carbocycles. The van der Waals surface area contributed by atoms with Crippen LogP contribution in [-0.2, 0) is 6.54 Å². The first-order valence-corrected chi connectivity index (χ1v) is 8.40. The molecule has 1 aliphatic rings. The van der Waals surface area contributed by atoms with Gasteiger partial charge >= 0.3 is 0 Å². The number of hydrogen-bond donors (Lipinski definition) is 2. The monoisotopic (exact) mass is 356 g/mol. The van der Waals surface area contributed by atoms with Crippen molar-refractivity contribution in [3.8, 4) is 5.69 Å². The van der Waals surface area contributed by atoms with E-state index in [9.17, 15) is 13.6 Å². The Hall–Kier alpha value is -2.80. The van der Waals surface area contributed by atoms with Crippen LogP contribution in [-0.4, -0.2) is 27.7 Å². The van der Waals surface area contributed by atoms with E-state index < -0.39 is 11.8 Å². The molecular formula is C19H18F2N4O. The molecule has 1 fully saturated rings. The van der Waals surface area contributed by atoms with E-state index in [0.29, 0.717) is 17.6 Å². The largest absolute Gasteiger partial charge is 0.366 e. The fourth-order valence-electron chi connectivity index (χ4n) is 3.21. The summed E-state index contributed by atoms with van der Waals surface area (Å²) >= 11 is 0. The Morgan fingerprint density at radius 1 is 1.23 bits per heavy atom. The number of amides is 1. The highest BCUT2D eigenvalue weighted by molar-refractivity contribution is 6.04. The first-order valence-electron chi connectivity index (χ1n) is 8.40. The van der Waals surface area contributed by atoms with Gasteiger partial charge in [0.05, 0.1) is 11.3 Å². The van der Waals surface area contributed by atoms with Crippen molar-refractivity contribution in [1.29, 1.82) is 0 Å². The molecule has 0 spiro atoms. The lowest BCUT2D eigenvalue weighted by Gasteiger charge is -2.35. The van der Waals surface area contributed by atoms with Gasteiger partial charge in [0.15, 0.2) is 0 Å². The van der Waals surface area contributed by atoms with Crippen LogP contribution in [0.5, 0.6) is 0 Å². The minimum atomic E-state index is -2.51. The van der Waals surface area contributed by atoms with Gasteiger partial charge in [0.2, 0.25) is 0 Å². The van der Waals surface area contributed by atoms with Gasteiger partial charge in [0.1, 0.15) is 5.52 Å². The highest BCUT2D eigenvalue weighted by atomic mass is 19.3. The SMILES string of the molecule is NC(=O)c1cccc2cn(-c3ccc(CNC4CC(F)(F)C4)cc3)nc12. The number of benzene rings is 2. The Balaban J connectivity index is 1.49. The second-order valence-electron chi connectivity index (χ2n) is 6.69. The van der Waals surface area contributed by atoms with Gasteiger partial charge in [0.25, 0.3) is 11.8 Å².